The number of aliphatic imine (C=N–C) groups is 1. The van der Waals surface area contributed by atoms with Gasteiger partial charge in [-0.1, -0.05) is 30.3 Å². The summed E-state index contributed by atoms with van der Waals surface area (Å²) in [6.45, 7) is 0. The molecule has 0 bridgehead atoms. The topological polar surface area (TPSA) is 62.5 Å². The number of carboxylic acid groups (broad SMARTS) is 1. The maximum atomic E-state index is 11.2. The Balaban J connectivity index is 2.05. The van der Waals surface area contributed by atoms with Crippen molar-refractivity contribution in [3.05, 3.63) is 71.9 Å². The molecule has 0 saturated carbocycles. The largest absolute Gasteiger partial charge is 0.478 e. The first-order valence-electron chi connectivity index (χ1n) is 6.46. The minimum Gasteiger partial charge on any atom is -0.478 e. The Morgan fingerprint density at radius 3 is 2.67 bits per heavy atom. The molecule has 0 atom stereocenters. The number of para-hydroxylation sites is 2. The van der Waals surface area contributed by atoms with Crippen LogP contribution >= 0.6 is 0 Å². The number of pyridine rings is 1. The number of hydrogen-bond acceptors (Lipinski definition) is 3. The van der Waals surface area contributed by atoms with Gasteiger partial charge in [0.2, 0.25) is 0 Å². The Kier molecular flexibility index (Phi) is 3.43. The van der Waals surface area contributed by atoms with Crippen molar-refractivity contribution < 1.29 is 9.90 Å². The molecule has 3 aromatic rings. The minimum atomic E-state index is -0.984. The number of benzene rings is 2. The van der Waals surface area contributed by atoms with Crippen molar-refractivity contribution in [2.24, 2.45) is 4.99 Å². The van der Waals surface area contributed by atoms with Crippen LogP contribution in [0.4, 0.5) is 5.69 Å². The lowest BCUT2D eigenvalue weighted by molar-refractivity contribution is 0.0698. The van der Waals surface area contributed by atoms with E-state index in [0.29, 0.717) is 5.69 Å². The summed E-state index contributed by atoms with van der Waals surface area (Å²) >= 11 is 0. The normalized spacial score (nSPS) is 11.0. The molecule has 21 heavy (non-hydrogen) atoms. The van der Waals surface area contributed by atoms with E-state index in [1.165, 1.54) is 0 Å². The van der Waals surface area contributed by atoms with E-state index in [1.807, 2.05) is 30.3 Å². The van der Waals surface area contributed by atoms with E-state index in [-0.39, 0.29) is 5.56 Å². The first-order valence-corrected chi connectivity index (χ1v) is 6.46. The standard InChI is InChI=1S/C17H12N2O2/c20-17(21)14-6-2-4-8-16(14)19-11-12-9-10-18-15-7-3-1-5-13(12)15/h1-11H,(H,20,21)/b19-11+. The predicted molar refractivity (Wildman–Crippen MR) is 82.4 cm³/mol. The van der Waals surface area contributed by atoms with Gasteiger partial charge in [0.15, 0.2) is 0 Å². The van der Waals surface area contributed by atoms with Crippen LogP contribution in [0.3, 0.4) is 0 Å². The molecule has 102 valence electrons. The Hall–Kier alpha value is -3.01. The predicted octanol–water partition coefficient (Wildman–Crippen LogP) is 3.68. The lowest BCUT2D eigenvalue weighted by atomic mass is 10.1. The number of fused-ring (bicyclic) bond motifs is 1. The van der Waals surface area contributed by atoms with E-state index in [9.17, 15) is 4.79 Å². The second-order valence-electron chi connectivity index (χ2n) is 4.50. The zero-order valence-corrected chi connectivity index (χ0v) is 11.1. The highest BCUT2D eigenvalue weighted by Crippen LogP contribution is 2.20. The highest BCUT2D eigenvalue weighted by molar-refractivity contribution is 6.00. The minimum absolute atomic E-state index is 0.187. The molecule has 1 N–H and O–H groups in total. The molecule has 0 unspecified atom stereocenters. The highest BCUT2D eigenvalue weighted by Gasteiger charge is 2.07. The monoisotopic (exact) mass is 276 g/mol. The molecule has 3 rings (SSSR count). The molecule has 0 fully saturated rings. The van der Waals surface area contributed by atoms with Crippen LogP contribution in [0.25, 0.3) is 10.9 Å². The third kappa shape index (κ3) is 2.65. The van der Waals surface area contributed by atoms with Gasteiger partial charge >= 0.3 is 5.97 Å². The fourth-order valence-corrected chi connectivity index (χ4v) is 2.14. The zero-order valence-electron chi connectivity index (χ0n) is 11.1. The molecule has 0 aliphatic carbocycles. The third-order valence-electron chi connectivity index (χ3n) is 3.16. The summed E-state index contributed by atoms with van der Waals surface area (Å²) < 4.78 is 0. The number of hydrogen-bond donors (Lipinski definition) is 1. The van der Waals surface area contributed by atoms with Crippen molar-refractivity contribution in [1.82, 2.24) is 4.98 Å². The van der Waals surface area contributed by atoms with Crippen LogP contribution in [0.5, 0.6) is 0 Å². The van der Waals surface area contributed by atoms with Gasteiger partial charge in [0, 0.05) is 23.4 Å². The van der Waals surface area contributed by atoms with Crippen molar-refractivity contribution in [2.75, 3.05) is 0 Å². The van der Waals surface area contributed by atoms with Gasteiger partial charge in [0.05, 0.1) is 16.8 Å². The Morgan fingerprint density at radius 1 is 1.05 bits per heavy atom. The summed E-state index contributed by atoms with van der Waals surface area (Å²) in [5.41, 5.74) is 2.41. The number of carboxylic acids is 1. The summed E-state index contributed by atoms with van der Waals surface area (Å²) in [6.07, 6.45) is 3.39. The van der Waals surface area contributed by atoms with Crippen molar-refractivity contribution >= 4 is 28.8 Å². The number of carbonyl (C=O) groups is 1. The molecule has 4 heteroatoms. The summed E-state index contributed by atoms with van der Waals surface area (Å²) in [5, 5.41) is 10.1. The second kappa shape index (κ2) is 5.54. The zero-order chi connectivity index (χ0) is 14.7. The van der Waals surface area contributed by atoms with Crippen molar-refractivity contribution in [3.63, 3.8) is 0 Å². The second-order valence-corrected chi connectivity index (χ2v) is 4.50. The maximum absolute atomic E-state index is 11.2. The van der Waals surface area contributed by atoms with Crippen LogP contribution < -0.4 is 0 Å². The molecule has 1 heterocycles. The van der Waals surface area contributed by atoms with Crippen LogP contribution in [0.2, 0.25) is 0 Å². The molecule has 4 nitrogen and oxygen atoms in total. The van der Waals surface area contributed by atoms with E-state index >= 15 is 0 Å². The molecule has 1 aromatic heterocycles. The molecule has 0 amide bonds. The number of rotatable bonds is 3. The molecular formula is C17H12N2O2. The maximum Gasteiger partial charge on any atom is 0.337 e. The molecule has 0 aliphatic heterocycles. The quantitative estimate of drug-likeness (QED) is 0.742. The van der Waals surface area contributed by atoms with Gasteiger partial charge in [-0.25, -0.2) is 4.79 Å². The van der Waals surface area contributed by atoms with Gasteiger partial charge < -0.3 is 5.11 Å². The first-order chi connectivity index (χ1) is 10.3. The first kappa shape index (κ1) is 13.0. The summed E-state index contributed by atoms with van der Waals surface area (Å²) in [4.78, 5) is 19.8. The van der Waals surface area contributed by atoms with Crippen LogP contribution in [0.1, 0.15) is 15.9 Å². The fraction of sp³-hybridized carbons (Fsp3) is 0. The van der Waals surface area contributed by atoms with E-state index in [0.717, 1.165) is 16.5 Å². The van der Waals surface area contributed by atoms with Crippen LogP contribution in [0.15, 0.2) is 65.8 Å². The SMILES string of the molecule is O=C(O)c1ccccc1/N=C/c1ccnc2ccccc12. The van der Waals surface area contributed by atoms with Gasteiger partial charge in [-0.2, -0.15) is 0 Å². The molecule has 2 aromatic carbocycles. The third-order valence-corrected chi connectivity index (χ3v) is 3.16. The van der Waals surface area contributed by atoms with E-state index in [2.05, 4.69) is 9.98 Å². The van der Waals surface area contributed by atoms with Gasteiger partial charge in [-0.05, 0) is 24.3 Å². The highest BCUT2D eigenvalue weighted by atomic mass is 16.4. The molecule has 0 radical (unpaired) electrons. The van der Waals surface area contributed by atoms with Gasteiger partial charge in [0.1, 0.15) is 0 Å². The number of aromatic carboxylic acids is 1. The molecule has 0 aliphatic rings. The van der Waals surface area contributed by atoms with Gasteiger partial charge in [0.25, 0.3) is 0 Å². The van der Waals surface area contributed by atoms with Crippen LogP contribution in [-0.2, 0) is 0 Å². The Morgan fingerprint density at radius 2 is 1.81 bits per heavy atom. The Labute approximate surface area is 121 Å². The summed E-state index contributed by atoms with van der Waals surface area (Å²) in [5.74, 6) is -0.984. The van der Waals surface area contributed by atoms with Gasteiger partial charge in [-0.3, -0.25) is 9.98 Å². The lowest BCUT2D eigenvalue weighted by Gasteiger charge is -2.02. The lowest BCUT2D eigenvalue weighted by Crippen LogP contribution is -1.96. The van der Waals surface area contributed by atoms with Crippen LogP contribution in [0, 0.1) is 0 Å². The van der Waals surface area contributed by atoms with Crippen molar-refractivity contribution in [3.8, 4) is 0 Å². The van der Waals surface area contributed by atoms with E-state index in [4.69, 9.17) is 5.11 Å². The number of nitrogens with zero attached hydrogens (tertiary/aromatic N) is 2. The average Bonchev–Trinajstić information content (AvgIpc) is 2.53. The molecule has 0 saturated heterocycles. The number of aromatic nitrogens is 1. The molecule has 0 spiro atoms. The smallest absolute Gasteiger partial charge is 0.337 e. The van der Waals surface area contributed by atoms with E-state index in [1.54, 1.807) is 36.7 Å². The Bertz CT molecular complexity index is 836. The summed E-state index contributed by atoms with van der Waals surface area (Å²) in [7, 11) is 0. The fourth-order valence-electron chi connectivity index (χ4n) is 2.14. The van der Waals surface area contributed by atoms with Gasteiger partial charge in [-0.15, -0.1) is 0 Å². The van der Waals surface area contributed by atoms with Crippen molar-refractivity contribution in [2.45, 2.75) is 0 Å². The molecular weight excluding hydrogens is 264 g/mol. The average molecular weight is 276 g/mol. The van der Waals surface area contributed by atoms with E-state index < -0.39 is 5.97 Å². The van der Waals surface area contributed by atoms with Crippen LogP contribution in [-0.4, -0.2) is 22.3 Å². The summed E-state index contributed by atoms with van der Waals surface area (Å²) in [6, 6.07) is 16.3. The van der Waals surface area contributed by atoms with Crippen molar-refractivity contribution in [1.29, 1.82) is 0 Å².